The number of amides is 2. The summed E-state index contributed by atoms with van der Waals surface area (Å²) >= 11 is 11.9. The maximum atomic E-state index is 12.5. The van der Waals surface area contributed by atoms with Crippen molar-refractivity contribution in [3.8, 4) is 0 Å². The normalized spacial score (nSPS) is 17.3. The molecule has 2 aromatic rings. The molecule has 1 aliphatic rings. The molecule has 2 heterocycles. The first-order chi connectivity index (χ1) is 11.0. The average molecular weight is 353 g/mol. The highest BCUT2D eigenvalue weighted by atomic mass is 35.5. The van der Waals surface area contributed by atoms with E-state index in [4.69, 9.17) is 27.6 Å². The highest BCUT2D eigenvalue weighted by Crippen LogP contribution is 2.25. The zero-order valence-corrected chi connectivity index (χ0v) is 13.6. The molecule has 1 aromatic heterocycles. The number of nitrogens with one attached hydrogen (secondary N) is 1. The molecule has 0 aliphatic carbocycles. The Labute approximate surface area is 143 Å². The van der Waals surface area contributed by atoms with Crippen molar-refractivity contribution in [3.05, 3.63) is 52.4 Å². The van der Waals surface area contributed by atoms with Crippen molar-refractivity contribution in [1.82, 2.24) is 4.90 Å². The van der Waals surface area contributed by atoms with Gasteiger partial charge >= 0.3 is 0 Å². The molecule has 120 valence electrons. The van der Waals surface area contributed by atoms with Gasteiger partial charge in [-0.2, -0.15) is 0 Å². The van der Waals surface area contributed by atoms with Crippen LogP contribution in [0.25, 0.3) is 0 Å². The van der Waals surface area contributed by atoms with Crippen molar-refractivity contribution in [1.29, 1.82) is 0 Å². The Morgan fingerprint density at radius 3 is 2.61 bits per heavy atom. The van der Waals surface area contributed by atoms with E-state index in [-0.39, 0.29) is 11.8 Å². The number of furan rings is 1. The van der Waals surface area contributed by atoms with E-state index >= 15 is 0 Å². The van der Waals surface area contributed by atoms with Crippen LogP contribution in [0.5, 0.6) is 0 Å². The van der Waals surface area contributed by atoms with Gasteiger partial charge in [-0.3, -0.25) is 9.59 Å². The van der Waals surface area contributed by atoms with Crippen molar-refractivity contribution >= 4 is 40.7 Å². The summed E-state index contributed by atoms with van der Waals surface area (Å²) in [4.78, 5) is 26.5. The summed E-state index contributed by atoms with van der Waals surface area (Å²) in [6.45, 7) is 0.540. The molecule has 1 aromatic carbocycles. The minimum Gasteiger partial charge on any atom is -0.472 e. The second kappa shape index (κ2) is 6.64. The molecule has 1 saturated heterocycles. The highest BCUT2D eigenvalue weighted by Gasteiger charge is 2.34. The van der Waals surface area contributed by atoms with Crippen LogP contribution in [0.3, 0.4) is 0 Å². The third kappa shape index (κ3) is 3.51. The fourth-order valence-electron chi connectivity index (χ4n) is 2.69. The van der Waals surface area contributed by atoms with Crippen LogP contribution >= 0.6 is 23.2 Å². The molecule has 7 heteroatoms. The van der Waals surface area contributed by atoms with E-state index in [1.54, 1.807) is 29.2 Å². The van der Waals surface area contributed by atoms with Crippen molar-refractivity contribution in [2.24, 2.45) is 0 Å². The van der Waals surface area contributed by atoms with Crippen LogP contribution in [0.4, 0.5) is 5.69 Å². The Bertz CT molecular complexity index is 711. The second-order valence-electron chi connectivity index (χ2n) is 5.32. The van der Waals surface area contributed by atoms with Crippen molar-refractivity contribution in [2.75, 3.05) is 11.9 Å². The number of nitrogens with zero attached hydrogens (tertiary/aromatic N) is 1. The predicted octanol–water partition coefficient (Wildman–Crippen LogP) is 3.83. The number of hydrogen-bond donors (Lipinski definition) is 1. The van der Waals surface area contributed by atoms with E-state index in [0.29, 0.717) is 34.3 Å². The zero-order valence-electron chi connectivity index (χ0n) is 12.1. The number of likely N-dealkylation sites (tertiary alicyclic amines) is 1. The number of hydrogen-bond acceptors (Lipinski definition) is 3. The quantitative estimate of drug-likeness (QED) is 0.912. The van der Waals surface area contributed by atoms with Crippen LogP contribution in [-0.4, -0.2) is 29.3 Å². The summed E-state index contributed by atoms with van der Waals surface area (Å²) in [5, 5.41) is 3.64. The summed E-state index contributed by atoms with van der Waals surface area (Å²) in [5.41, 5.74) is 0.950. The third-order valence-electron chi connectivity index (χ3n) is 3.71. The lowest BCUT2D eigenvalue weighted by Crippen LogP contribution is -2.43. The molecule has 1 N–H and O–H groups in total. The maximum Gasteiger partial charge on any atom is 0.257 e. The minimum absolute atomic E-state index is 0.208. The molecule has 1 aliphatic heterocycles. The largest absolute Gasteiger partial charge is 0.472 e. The molecule has 1 atom stereocenters. The molecule has 0 spiro atoms. The van der Waals surface area contributed by atoms with Crippen LogP contribution in [-0.2, 0) is 4.79 Å². The molecule has 0 bridgehead atoms. The molecule has 5 nitrogen and oxygen atoms in total. The van der Waals surface area contributed by atoms with E-state index in [9.17, 15) is 9.59 Å². The van der Waals surface area contributed by atoms with Crippen molar-refractivity contribution < 1.29 is 14.0 Å². The van der Waals surface area contributed by atoms with Gasteiger partial charge in [-0.15, -0.1) is 0 Å². The summed E-state index contributed by atoms with van der Waals surface area (Å²) in [6.07, 6.45) is 4.21. The van der Waals surface area contributed by atoms with Gasteiger partial charge in [-0.05, 0) is 37.1 Å². The van der Waals surface area contributed by atoms with E-state index in [1.165, 1.54) is 12.5 Å². The third-order valence-corrected chi connectivity index (χ3v) is 4.15. The standard InChI is InChI=1S/C16H14Cl2N2O3/c17-11-6-12(18)8-13(7-11)19-15(21)14-2-1-4-20(14)16(22)10-3-5-23-9-10/h3,5-9,14H,1-2,4H2,(H,19,21). The van der Waals surface area contributed by atoms with Gasteiger partial charge in [0.15, 0.2) is 0 Å². The molecule has 1 fully saturated rings. The van der Waals surface area contributed by atoms with Crippen molar-refractivity contribution in [2.45, 2.75) is 18.9 Å². The van der Waals surface area contributed by atoms with E-state index < -0.39 is 6.04 Å². The first-order valence-corrected chi connectivity index (χ1v) is 7.90. The number of carbonyl (C=O) groups is 2. The molecular formula is C16H14Cl2N2O3. The fourth-order valence-corrected chi connectivity index (χ4v) is 3.21. The van der Waals surface area contributed by atoms with Crippen LogP contribution in [0.15, 0.2) is 41.2 Å². The van der Waals surface area contributed by atoms with Crippen LogP contribution in [0.2, 0.25) is 10.0 Å². The SMILES string of the molecule is O=C(Nc1cc(Cl)cc(Cl)c1)C1CCCN1C(=O)c1ccoc1. The lowest BCUT2D eigenvalue weighted by atomic mass is 10.2. The van der Waals surface area contributed by atoms with Gasteiger partial charge in [0.25, 0.3) is 5.91 Å². The van der Waals surface area contributed by atoms with E-state index in [1.807, 2.05) is 0 Å². The monoisotopic (exact) mass is 352 g/mol. The summed E-state index contributed by atoms with van der Waals surface area (Å²) in [6, 6.07) is 5.88. The van der Waals surface area contributed by atoms with E-state index in [0.717, 1.165) is 6.42 Å². The predicted molar refractivity (Wildman–Crippen MR) is 87.9 cm³/mol. The van der Waals surface area contributed by atoms with Gasteiger partial charge in [0.2, 0.25) is 5.91 Å². The number of benzene rings is 1. The molecule has 1 unspecified atom stereocenters. The molecule has 3 rings (SSSR count). The summed E-state index contributed by atoms with van der Waals surface area (Å²) in [5.74, 6) is -0.460. The van der Waals surface area contributed by atoms with Crippen LogP contribution < -0.4 is 5.32 Å². The first-order valence-electron chi connectivity index (χ1n) is 7.15. The second-order valence-corrected chi connectivity index (χ2v) is 6.19. The van der Waals surface area contributed by atoms with Gasteiger partial charge in [-0.25, -0.2) is 0 Å². The Balaban J connectivity index is 1.74. The Morgan fingerprint density at radius 2 is 1.96 bits per heavy atom. The van der Waals surface area contributed by atoms with Gasteiger partial charge in [0.05, 0.1) is 11.8 Å². The lowest BCUT2D eigenvalue weighted by Gasteiger charge is -2.23. The smallest absolute Gasteiger partial charge is 0.257 e. The van der Waals surface area contributed by atoms with Crippen LogP contribution in [0.1, 0.15) is 23.2 Å². The van der Waals surface area contributed by atoms with Crippen LogP contribution in [0, 0.1) is 0 Å². The maximum absolute atomic E-state index is 12.5. The zero-order chi connectivity index (χ0) is 16.4. The van der Waals surface area contributed by atoms with Crippen molar-refractivity contribution in [3.63, 3.8) is 0 Å². The number of carbonyl (C=O) groups excluding carboxylic acids is 2. The van der Waals surface area contributed by atoms with E-state index in [2.05, 4.69) is 5.32 Å². The summed E-state index contributed by atoms with van der Waals surface area (Å²) in [7, 11) is 0. The number of halogens is 2. The Morgan fingerprint density at radius 1 is 1.22 bits per heavy atom. The fraction of sp³-hybridized carbons (Fsp3) is 0.250. The van der Waals surface area contributed by atoms with Gasteiger partial charge < -0.3 is 14.6 Å². The molecule has 0 saturated carbocycles. The average Bonchev–Trinajstić information content (AvgIpc) is 3.17. The number of rotatable bonds is 3. The topological polar surface area (TPSA) is 62.6 Å². The molecule has 23 heavy (non-hydrogen) atoms. The van der Waals surface area contributed by atoms with Gasteiger partial charge in [0.1, 0.15) is 12.3 Å². The van der Waals surface area contributed by atoms with Gasteiger partial charge in [0, 0.05) is 22.3 Å². The first kappa shape index (κ1) is 15.9. The Hall–Kier alpha value is -1.98. The molecule has 2 amide bonds. The minimum atomic E-state index is -0.518. The molecule has 0 radical (unpaired) electrons. The van der Waals surface area contributed by atoms with Gasteiger partial charge in [-0.1, -0.05) is 23.2 Å². The highest BCUT2D eigenvalue weighted by molar-refractivity contribution is 6.35. The lowest BCUT2D eigenvalue weighted by molar-refractivity contribution is -0.119. The number of anilines is 1. The molecular weight excluding hydrogens is 339 g/mol. The summed E-state index contributed by atoms with van der Waals surface area (Å²) < 4.78 is 4.94. The Kier molecular flexibility index (Phi) is 4.59.